The highest BCUT2D eigenvalue weighted by Gasteiger charge is 2.31. The topological polar surface area (TPSA) is 95.6 Å². The molecule has 1 aromatic carbocycles. The van der Waals surface area contributed by atoms with E-state index in [1.165, 1.54) is 10.4 Å². The maximum absolute atomic E-state index is 13.0. The standard InChI is InChI=1S/C21H27N3O4S2/c1-3-19(25)23-17-9-7-16(8-10-17)15(2)22-21(26)20-18(11-14-29-20)30(27,28)24-12-5-4-6-13-24/h7-11,14-15H,3-6,12-13H2,1-2H3,(H,22,26)(H,23,25). The molecule has 162 valence electrons. The van der Waals surface area contributed by atoms with Gasteiger partial charge in [-0.1, -0.05) is 25.5 Å². The Balaban J connectivity index is 1.71. The van der Waals surface area contributed by atoms with Crippen LogP contribution < -0.4 is 10.6 Å². The number of anilines is 1. The fourth-order valence-corrected chi connectivity index (χ4v) is 6.18. The molecule has 0 spiro atoms. The molecule has 1 saturated heterocycles. The smallest absolute Gasteiger partial charge is 0.263 e. The van der Waals surface area contributed by atoms with E-state index in [4.69, 9.17) is 0 Å². The van der Waals surface area contributed by atoms with Gasteiger partial charge >= 0.3 is 0 Å². The quantitative estimate of drug-likeness (QED) is 0.673. The summed E-state index contributed by atoms with van der Waals surface area (Å²) in [6.45, 7) is 4.61. The predicted molar refractivity (Wildman–Crippen MR) is 118 cm³/mol. The zero-order valence-corrected chi connectivity index (χ0v) is 18.8. The first-order chi connectivity index (χ1) is 14.3. The molecule has 7 nitrogen and oxygen atoms in total. The third-order valence-electron chi connectivity index (χ3n) is 5.13. The highest BCUT2D eigenvalue weighted by molar-refractivity contribution is 7.89. The molecule has 2 heterocycles. The van der Waals surface area contributed by atoms with Gasteiger partial charge in [-0.25, -0.2) is 8.42 Å². The van der Waals surface area contributed by atoms with Gasteiger partial charge in [0.1, 0.15) is 9.77 Å². The van der Waals surface area contributed by atoms with Crippen molar-refractivity contribution in [3.8, 4) is 0 Å². The zero-order chi connectivity index (χ0) is 21.7. The van der Waals surface area contributed by atoms with Crippen molar-refractivity contribution < 1.29 is 18.0 Å². The fourth-order valence-electron chi connectivity index (χ4n) is 3.36. The van der Waals surface area contributed by atoms with Crippen molar-refractivity contribution in [3.63, 3.8) is 0 Å². The number of piperidine rings is 1. The van der Waals surface area contributed by atoms with Gasteiger partial charge in [0.2, 0.25) is 15.9 Å². The lowest BCUT2D eigenvalue weighted by molar-refractivity contribution is -0.115. The van der Waals surface area contributed by atoms with Gasteiger partial charge in [0.05, 0.1) is 6.04 Å². The van der Waals surface area contributed by atoms with Gasteiger partial charge in [-0.15, -0.1) is 11.3 Å². The van der Waals surface area contributed by atoms with E-state index >= 15 is 0 Å². The van der Waals surface area contributed by atoms with E-state index in [1.54, 1.807) is 24.4 Å². The molecule has 1 fully saturated rings. The lowest BCUT2D eigenvalue weighted by atomic mass is 10.1. The number of rotatable bonds is 7. The lowest BCUT2D eigenvalue weighted by Crippen LogP contribution is -2.36. The van der Waals surface area contributed by atoms with E-state index in [1.807, 2.05) is 19.1 Å². The van der Waals surface area contributed by atoms with E-state index < -0.39 is 15.9 Å². The van der Waals surface area contributed by atoms with E-state index in [0.29, 0.717) is 25.2 Å². The van der Waals surface area contributed by atoms with Crippen LogP contribution in [0.4, 0.5) is 5.69 Å². The first-order valence-corrected chi connectivity index (χ1v) is 12.4. The van der Waals surface area contributed by atoms with Crippen LogP contribution in [0, 0.1) is 0 Å². The van der Waals surface area contributed by atoms with Gasteiger partial charge in [0.15, 0.2) is 0 Å². The molecule has 2 N–H and O–H groups in total. The third-order valence-corrected chi connectivity index (χ3v) is 8.11. The van der Waals surface area contributed by atoms with Crippen molar-refractivity contribution in [1.29, 1.82) is 0 Å². The van der Waals surface area contributed by atoms with Gasteiger partial charge in [0, 0.05) is 25.2 Å². The molecule has 0 aliphatic carbocycles. The summed E-state index contributed by atoms with van der Waals surface area (Å²) in [5, 5.41) is 7.31. The molecule has 0 saturated carbocycles. The monoisotopic (exact) mass is 449 g/mol. The van der Waals surface area contributed by atoms with Crippen LogP contribution in [0.3, 0.4) is 0 Å². The second kappa shape index (κ2) is 9.72. The maximum atomic E-state index is 13.0. The number of nitrogens with zero attached hydrogens (tertiary/aromatic N) is 1. The van der Waals surface area contributed by atoms with Crippen molar-refractivity contribution in [1.82, 2.24) is 9.62 Å². The molecule has 1 aliphatic heterocycles. The van der Waals surface area contributed by atoms with Crippen molar-refractivity contribution in [2.75, 3.05) is 18.4 Å². The van der Waals surface area contributed by atoms with Crippen molar-refractivity contribution in [2.45, 2.75) is 50.5 Å². The van der Waals surface area contributed by atoms with Crippen molar-refractivity contribution in [2.24, 2.45) is 0 Å². The minimum absolute atomic E-state index is 0.0655. The molecule has 2 aromatic rings. The van der Waals surface area contributed by atoms with E-state index in [2.05, 4.69) is 10.6 Å². The van der Waals surface area contributed by atoms with Crippen LogP contribution in [0.15, 0.2) is 40.6 Å². The summed E-state index contributed by atoms with van der Waals surface area (Å²) in [6.07, 6.45) is 3.12. The van der Waals surface area contributed by atoms with E-state index in [0.717, 1.165) is 36.2 Å². The number of hydrogen-bond donors (Lipinski definition) is 2. The second-order valence-corrected chi connectivity index (χ2v) is 10.1. The van der Waals surface area contributed by atoms with Crippen LogP contribution in [-0.2, 0) is 14.8 Å². The maximum Gasteiger partial charge on any atom is 0.263 e. The summed E-state index contributed by atoms with van der Waals surface area (Å²) in [4.78, 5) is 24.6. The van der Waals surface area contributed by atoms with Crippen LogP contribution in [0.1, 0.15) is 60.8 Å². The highest BCUT2D eigenvalue weighted by Crippen LogP contribution is 2.28. The molecule has 30 heavy (non-hydrogen) atoms. The van der Waals surface area contributed by atoms with Crippen LogP contribution in [-0.4, -0.2) is 37.6 Å². The SMILES string of the molecule is CCC(=O)Nc1ccc(C(C)NC(=O)c2sccc2S(=O)(=O)N2CCCCC2)cc1. The van der Waals surface area contributed by atoms with Gasteiger partial charge in [-0.05, 0) is 48.9 Å². The Bertz CT molecular complexity index is 994. The summed E-state index contributed by atoms with van der Waals surface area (Å²) in [6, 6.07) is 8.41. The Kier molecular flexibility index (Phi) is 7.27. The number of carbonyl (C=O) groups is 2. The number of nitrogens with one attached hydrogen (secondary N) is 2. The number of hydrogen-bond acceptors (Lipinski definition) is 5. The molecular formula is C21H27N3O4S2. The Labute approximate surface area is 181 Å². The predicted octanol–water partition coefficient (Wildman–Crippen LogP) is 3.76. The number of thiophene rings is 1. The van der Waals surface area contributed by atoms with Gasteiger partial charge in [-0.2, -0.15) is 4.31 Å². The van der Waals surface area contributed by atoms with Crippen molar-refractivity contribution >= 4 is 38.9 Å². The number of benzene rings is 1. The highest BCUT2D eigenvalue weighted by atomic mass is 32.2. The fraction of sp³-hybridized carbons (Fsp3) is 0.429. The Hall–Kier alpha value is -2.23. The molecule has 1 aromatic heterocycles. The molecule has 1 unspecified atom stereocenters. The molecule has 3 rings (SSSR count). The molecular weight excluding hydrogens is 422 g/mol. The minimum atomic E-state index is -3.67. The van der Waals surface area contributed by atoms with Gasteiger partial charge < -0.3 is 10.6 Å². The third kappa shape index (κ3) is 5.08. The second-order valence-electron chi connectivity index (χ2n) is 7.30. The summed E-state index contributed by atoms with van der Waals surface area (Å²) in [5.74, 6) is -0.472. The minimum Gasteiger partial charge on any atom is -0.345 e. The molecule has 2 amide bonds. The van der Waals surface area contributed by atoms with E-state index in [-0.39, 0.29) is 21.7 Å². The van der Waals surface area contributed by atoms with Gasteiger partial charge in [0.25, 0.3) is 5.91 Å². The number of sulfonamides is 1. The Morgan fingerprint density at radius 3 is 2.40 bits per heavy atom. The molecule has 1 aliphatic rings. The first kappa shape index (κ1) is 22.5. The number of amides is 2. The summed E-state index contributed by atoms with van der Waals surface area (Å²) >= 11 is 1.13. The molecule has 0 bridgehead atoms. The molecule has 1 atom stereocenters. The summed E-state index contributed by atoms with van der Waals surface area (Å²) in [7, 11) is -3.67. The lowest BCUT2D eigenvalue weighted by Gasteiger charge is -2.26. The normalized spacial score (nSPS) is 16.1. The van der Waals surface area contributed by atoms with Crippen LogP contribution >= 0.6 is 11.3 Å². The molecule has 0 radical (unpaired) electrons. The average molecular weight is 450 g/mol. The zero-order valence-electron chi connectivity index (χ0n) is 17.2. The van der Waals surface area contributed by atoms with Crippen LogP contribution in [0.25, 0.3) is 0 Å². The van der Waals surface area contributed by atoms with Crippen molar-refractivity contribution in [3.05, 3.63) is 46.2 Å². The Morgan fingerprint density at radius 1 is 1.10 bits per heavy atom. The molecule has 9 heteroatoms. The summed E-state index contributed by atoms with van der Waals surface area (Å²) < 4.78 is 27.5. The number of carbonyl (C=O) groups excluding carboxylic acids is 2. The van der Waals surface area contributed by atoms with E-state index in [9.17, 15) is 18.0 Å². The largest absolute Gasteiger partial charge is 0.345 e. The Morgan fingerprint density at radius 2 is 1.77 bits per heavy atom. The summed E-state index contributed by atoms with van der Waals surface area (Å²) in [5.41, 5.74) is 1.55. The van der Waals surface area contributed by atoms with Crippen LogP contribution in [0.5, 0.6) is 0 Å². The van der Waals surface area contributed by atoms with Gasteiger partial charge in [-0.3, -0.25) is 9.59 Å². The average Bonchev–Trinajstić information content (AvgIpc) is 3.26. The first-order valence-electron chi connectivity index (χ1n) is 10.1. The van der Waals surface area contributed by atoms with Crippen LogP contribution in [0.2, 0.25) is 0 Å².